The van der Waals surface area contributed by atoms with Gasteiger partial charge >= 0.3 is 0 Å². The van der Waals surface area contributed by atoms with E-state index in [1.807, 2.05) is 74.5 Å². The Hall–Kier alpha value is -3.38. The summed E-state index contributed by atoms with van der Waals surface area (Å²) >= 11 is 6.05. The molecule has 0 radical (unpaired) electrons. The average Bonchev–Trinajstić information content (AvgIpc) is 2.83. The minimum absolute atomic E-state index is 0.626. The van der Waals surface area contributed by atoms with Crippen molar-refractivity contribution in [1.29, 1.82) is 0 Å². The summed E-state index contributed by atoms with van der Waals surface area (Å²) in [5, 5.41) is 11.8. The van der Waals surface area contributed by atoms with Crippen LogP contribution in [-0.2, 0) is 0 Å². The van der Waals surface area contributed by atoms with Crippen LogP contribution in [0, 0.1) is 0 Å². The number of para-hydroxylation sites is 1. The standard InChI is InChI=1S/C23H23ClN6.C2H6/c24-17-8-9-19-20(10-14-26-21(19)16-17)25-12-4-5-13-27-23-28-15-11-22(30-23)29-18-6-2-1-3-7-18;1-2/h1-3,6-11,14-16H,4-5,12-13H2,(H,25,26)(H2,27,28,29,30);1-2H3. The monoisotopic (exact) mass is 448 g/mol. The summed E-state index contributed by atoms with van der Waals surface area (Å²) in [6, 6.07) is 19.6. The molecule has 0 saturated carbocycles. The number of hydrogen-bond acceptors (Lipinski definition) is 6. The molecule has 0 spiro atoms. The fourth-order valence-electron chi connectivity index (χ4n) is 3.13. The van der Waals surface area contributed by atoms with Crippen molar-refractivity contribution in [2.24, 2.45) is 0 Å². The van der Waals surface area contributed by atoms with E-state index in [2.05, 4.69) is 30.9 Å². The molecule has 0 aliphatic heterocycles. The summed E-state index contributed by atoms with van der Waals surface area (Å²) in [4.78, 5) is 13.2. The Morgan fingerprint density at radius 1 is 0.812 bits per heavy atom. The number of nitrogens with one attached hydrogen (secondary N) is 3. The molecule has 2 heterocycles. The average molecular weight is 449 g/mol. The van der Waals surface area contributed by atoms with Gasteiger partial charge in [0.15, 0.2) is 0 Å². The van der Waals surface area contributed by atoms with Gasteiger partial charge in [-0.15, -0.1) is 0 Å². The number of anilines is 4. The maximum absolute atomic E-state index is 6.05. The minimum atomic E-state index is 0.626. The molecule has 0 fully saturated rings. The number of nitrogens with zero attached hydrogens (tertiary/aromatic N) is 3. The van der Waals surface area contributed by atoms with Gasteiger partial charge in [0, 0.05) is 47.3 Å². The zero-order valence-electron chi connectivity index (χ0n) is 18.5. The summed E-state index contributed by atoms with van der Waals surface area (Å²) < 4.78 is 0. The van der Waals surface area contributed by atoms with E-state index in [0.29, 0.717) is 11.0 Å². The van der Waals surface area contributed by atoms with Crippen LogP contribution in [0.25, 0.3) is 10.9 Å². The lowest BCUT2D eigenvalue weighted by atomic mass is 10.2. The quantitative estimate of drug-likeness (QED) is 0.246. The number of rotatable bonds is 9. The molecule has 7 heteroatoms. The van der Waals surface area contributed by atoms with Crippen LogP contribution in [-0.4, -0.2) is 28.0 Å². The molecule has 0 bridgehead atoms. The molecule has 0 atom stereocenters. The van der Waals surface area contributed by atoms with Crippen LogP contribution < -0.4 is 16.0 Å². The van der Waals surface area contributed by atoms with Gasteiger partial charge in [-0.05, 0) is 55.3 Å². The summed E-state index contributed by atoms with van der Waals surface area (Å²) in [6.45, 7) is 5.68. The molecule has 2 aromatic heterocycles. The van der Waals surface area contributed by atoms with Crippen molar-refractivity contribution in [2.45, 2.75) is 26.7 Å². The molecule has 4 rings (SSSR count). The van der Waals surface area contributed by atoms with Crippen LogP contribution in [0.3, 0.4) is 0 Å². The summed E-state index contributed by atoms with van der Waals surface area (Å²) in [6.07, 6.45) is 5.58. The van der Waals surface area contributed by atoms with E-state index in [1.54, 1.807) is 12.4 Å². The molecule has 6 nitrogen and oxygen atoms in total. The van der Waals surface area contributed by atoms with E-state index >= 15 is 0 Å². The summed E-state index contributed by atoms with van der Waals surface area (Å²) in [5.74, 6) is 1.39. The number of hydrogen-bond donors (Lipinski definition) is 3. The second-order valence-corrected chi connectivity index (χ2v) is 7.27. The van der Waals surface area contributed by atoms with E-state index in [9.17, 15) is 0 Å². The number of pyridine rings is 1. The highest BCUT2D eigenvalue weighted by molar-refractivity contribution is 6.31. The van der Waals surface area contributed by atoms with Crippen molar-refractivity contribution in [2.75, 3.05) is 29.0 Å². The van der Waals surface area contributed by atoms with Gasteiger partial charge in [-0.1, -0.05) is 43.6 Å². The van der Waals surface area contributed by atoms with Crippen LogP contribution in [0.2, 0.25) is 5.02 Å². The fraction of sp³-hybridized carbons (Fsp3) is 0.240. The maximum atomic E-state index is 6.05. The highest BCUT2D eigenvalue weighted by Crippen LogP contribution is 2.24. The third-order valence-corrected chi connectivity index (χ3v) is 4.84. The Kier molecular flexibility index (Phi) is 9.07. The topological polar surface area (TPSA) is 74.8 Å². The Morgan fingerprint density at radius 2 is 1.56 bits per heavy atom. The Labute approximate surface area is 194 Å². The Morgan fingerprint density at radius 3 is 2.38 bits per heavy atom. The van der Waals surface area contributed by atoms with E-state index < -0.39 is 0 Å². The molecular formula is C25H29ClN6. The second kappa shape index (κ2) is 12.5. The summed E-state index contributed by atoms with van der Waals surface area (Å²) in [5.41, 5.74) is 2.97. The van der Waals surface area contributed by atoms with Crippen molar-refractivity contribution < 1.29 is 0 Å². The third kappa shape index (κ3) is 6.82. The van der Waals surface area contributed by atoms with Gasteiger partial charge in [-0.25, -0.2) is 4.98 Å². The predicted molar refractivity (Wildman–Crippen MR) is 136 cm³/mol. The van der Waals surface area contributed by atoms with Crippen molar-refractivity contribution in [3.8, 4) is 0 Å². The lowest BCUT2D eigenvalue weighted by Gasteiger charge is -2.10. The molecule has 4 aromatic rings. The maximum Gasteiger partial charge on any atom is 0.224 e. The van der Waals surface area contributed by atoms with E-state index in [-0.39, 0.29) is 0 Å². The van der Waals surface area contributed by atoms with E-state index in [4.69, 9.17) is 11.6 Å². The van der Waals surface area contributed by atoms with Crippen molar-refractivity contribution in [3.05, 3.63) is 78.1 Å². The zero-order valence-corrected chi connectivity index (χ0v) is 19.2. The van der Waals surface area contributed by atoms with Crippen LogP contribution in [0.15, 0.2) is 73.1 Å². The second-order valence-electron chi connectivity index (χ2n) is 6.84. The Bertz CT molecular complexity index is 1100. The molecular weight excluding hydrogens is 420 g/mol. The van der Waals surface area contributed by atoms with Crippen LogP contribution in [0.1, 0.15) is 26.7 Å². The number of halogens is 1. The lowest BCUT2D eigenvalue weighted by molar-refractivity contribution is 0.791. The lowest BCUT2D eigenvalue weighted by Crippen LogP contribution is -2.09. The smallest absolute Gasteiger partial charge is 0.224 e. The molecule has 166 valence electrons. The van der Waals surface area contributed by atoms with Gasteiger partial charge < -0.3 is 16.0 Å². The van der Waals surface area contributed by atoms with E-state index in [0.717, 1.165) is 54.0 Å². The molecule has 0 aliphatic carbocycles. The first-order valence-corrected chi connectivity index (χ1v) is 11.3. The molecule has 3 N–H and O–H groups in total. The molecule has 0 amide bonds. The van der Waals surface area contributed by atoms with Gasteiger partial charge in [-0.2, -0.15) is 4.98 Å². The van der Waals surface area contributed by atoms with Crippen molar-refractivity contribution in [3.63, 3.8) is 0 Å². The number of benzene rings is 2. The van der Waals surface area contributed by atoms with Crippen molar-refractivity contribution >= 4 is 45.6 Å². The van der Waals surface area contributed by atoms with Crippen LogP contribution in [0.4, 0.5) is 23.1 Å². The van der Waals surface area contributed by atoms with Gasteiger partial charge in [0.1, 0.15) is 5.82 Å². The van der Waals surface area contributed by atoms with Gasteiger partial charge in [0.25, 0.3) is 0 Å². The molecule has 0 unspecified atom stereocenters. The molecule has 32 heavy (non-hydrogen) atoms. The highest BCUT2D eigenvalue weighted by atomic mass is 35.5. The van der Waals surface area contributed by atoms with Gasteiger partial charge in [-0.3, -0.25) is 4.98 Å². The number of fused-ring (bicyclic) bond motifs is 1. The van der Waals surface area contributed by atoms with Gasteiger partial charge in [0.05, 0.1) is 5.52 Å². The third-order valence-electron chi connectivity index (χ3n) is 4.61. The van der Waals surface area contributed by atoms with Crippen molar-refractivity contribution in [1.82, 2.24) is 15.0 Å². The van der Waals surface area contributed by atoms with E-state index in [1.165, 1.54) is 0 Å². The first-order valence-electron chi connectivity index (χ1n) is 10.9. The molecule has 0 aliphatic rings. The fourth-order valence-corrected chi connectivity index (χ4v) is 3.30. The van der Waals surface area contributed by atoms with Gasteiger partial charge in [0.2, 0.25) is 5.95 Å². The first kappa shape index (κ1) is 23.3. The summed E-state index contributed by atoms with van der Waals surface area (Å²) in [7, 11) is 0. The van der Waals surface area contributed by atoms with Crippen LogP contribution >= 0.6 is 11.6 Å². The zero-order chi connectivity index (χ0) is 22.6. The number of aromatic nitrogens is 3. The minimum Gasteiger partial charge on any atom is -0.384 e. The Balaban J connectivity index is 0.00000141. The van der Waals surface area contributed by atoms with Crippen LogP contribution in [0.5, 0.6) is 0 Å². The normalized spacial score (nSPS) is 10.2. The highest BCUT2D eigenvalue weighted by Gasteiger charge is 2.03. The molecule has 0 saturated heterocycles. The SMILES string of the molecule is CC.Clc1ccc2c(NCCCCNc3nccc(Nc4ccccc4)n3)ccnc2c1. The predicted octanol–water partition coefficient (Wildman–Crippen LogP) is 6.75. The largest absolute Gasteiger partial charge is 0.384 e. The number of unbranched alkanes of at least 4 members (excludes halogenated alkanes) is 1. The molecule has 2 aromatic carbocycles. The first-order chi connectivity index (χ1) is 15.8.